The standard InChI is InChI=1S/C13H15ClFN3/c1-8-5-13(18(2)17-8)12(16)7-9-6-10(14)3-4-11(9)15/h3-6,12H,7,16H2,1-2H3. The Kier molecular flexibility index (Phi) is 3.68. The summed E-state index contributed by atoms with van der Waals surface area (Å²) < 4.78 is 15.3. The molecule has 2 N–H and O–H groups in total. The smallest absolute Gasteiger partial charge is 0.126 e. The van der Waals surface area contributed by atoms with Gasteiger partial charge in [0.1, 0.15) is 5.82 Å². The van der Waals surface area contributed by atoms with Crippen LogP contribution in [0.25, 0.3) is 0 Å². The first-order chi connectivity index (χ1) is 8.47. The van der Waals surface area contributed by atoms with Gasteiger partial charge in [-0.15, -0.1) is 0 Å². The first kappa shape index (κ1) is 13.1. The van der Waals surface area contributed by atoms with Crippen LogP contribution in [0.3, 0.4) is 0 Å². The SMILES string of the molecule is Cc1cc(C(N)Cc2cc(Cl)ccc2F)n(C)n1. The fourth-order valence-corrected chi connectivity index (χ4v) is 2.21. The molecule has 0 saturated heterocycles. The summed E-state index contributed by atoms with van der Waals surface area (Å²) in [6.45, 7) is 1.90. The van der Waals surface area contributed by atoms with Gasteiger partial charge in [-0.1, -0.05) is 11.6 Å². The highest BCUT2D eigenvalue weighted by atomic mass is 35.5. The minimum atomic E-state index is -0.302. The monoisotopic (exact) mass is 267 g/mol. The third-order valence-corrected chi connectivity index (χ3v) is 3.10. The maximum Gasteiger partial charge on any atom is 0.126 e. The Labute approximate surface area is 110 Å². The van der Waals surface area contributed by atoms with Gasteiger partial charge in [0, 0.05) is 12.1 Å². The van der Waals surface area contributed by atoms with Crippen molar-refractivity contribution < 1.29 is 4.39 Å². The molecule has 1 aromatic carbocycles. The molecule has 2 aromatic rings. The molecule has 0 saturated carbocycles. The quantitative estimate of drug-likeness (QED) is 0.929. The van der Waals surface area contributed by atoms with E-state index in [4.69, 9.17) is 17.3 Å². The summed E-state index contributed by atoms with van der Waals surface area (Å²) >= 11 is 5.86. The highest BCUT2D eigenvalue weighted by molar-refractivity contribution is 6.30. The van der Waals surface area contributed by atoms with Gasteiger partial charge in [-0.2, -0.15) is 5.10 Å². The minimum Gasteiger partial charge on any atom is -0.322 e. The van der Waals surface area contributed by atoms with E-state index in [9.17, 15) is 4.39 Å². The van der Waals surface area contributed by atoms with Crippen LogP contribution in [0.1, 0.15) is 23.0 Å². The van der Waals surface area contributed by atoms with Gasteiger partial charge < -0.3 is 5.73 Å². The highest BCUT2D eigenvalue weighted by Gasteiger charge is 2.14. The lowest BCUT2D eigenvalue weighted by Crippen LogP contribution is -2.17. The van der Waals surface area contributed by atoms with Gasteiger partial charge >= 0.3 is 0 Å². The molecule has 2 rings (SSSR count). The van der Waals surface area contributed by atoms with Gasteiger partial charge in [0.2, 0.25) is 0 Å². The van der Waals surface area contributed by atoms with Gasteiger partial charge in [0.05, 0.1) is 17.4 Å². The molecule has 0 amide bonds. The molecule has 0 spiro atoms. The average molecular weight is 268 g/mol. The molecule has 1 atom stereocenters. The van der Waals surface area contributed by atoms with Crippen LogP contribution in [0.15, 0.2) is 24.3 Å². The number of benzene rings is 1. The predicted octanol–water partition coefficient (Wildman–Crippen LogP) is 2.76. The summed E-state index contributed by atoms with van der Waals surface area (Å²) in [6, 6.07) is 6.11. The zero-order chi connectivity index (χ0) is 13.3. The van der Waals surface area contributed by atoms with Crippen molar-refractivity contribution in [3.05, 3.63) is 52.1 Å². The molecule has 0 aliphatic carbocycles. The molecular weight excluding hydrogens is 253 g/mol. The molecule has 1 heterocycles. The van der Waals surface area contributed by atoms with Crippen molar-refractivity contribution in [1.29, 1.82) is 0 Å². The van der Waals surface area contributed by atoms with Crippen LogP contribution in [0.2, 0.25) is 5.02 Å². The number of nitrogens with two attached hydrogens (primary N) is 1. The van der Waals surface area contributed by atoms with E-state index in [0.29, 0.717) is 17.0 Å². The Bertz CT molecular complexity index is 565. The maximum absolute atomic E-state index is 13.6. The summed E-state index contributed by atoms with van der Waals surface area (Å²) in [5.74, 6) is -0.284. The molecule has 18 heavy (non-hydrogen) atoms. The normalized spacial score (nSPS) is 12.7. The van der Waals surface area contributed by atoms with Crippen molar-refractivity contribution in [2.75, 3.05) is 0 Å². The third kappa shape index (κ3) is 2.71. The van der Waals surface area contributed by atoms with E-state index in [-0.39, 0.29) is 11.9 Å². The van der Waals surface area contributed by atoms with Crippen LogP contribution in [0.4, 0.5) is 4.39 Å². The molecule has 1 aromatic heterocycles. The Hall–Kier alpha value is -1.39. The third-order valence-electron chi connectivity index (χ3n) is 2.87. The van der Waals surface area contributed by atoms with E-state index in [0.717, 1.165) is 11.4 Å². The number of rotatable bonds is 3. The van der Waals surface area contributed by atoms with E-state index in [1.807, 2.05) is 20.0 Å². The van der Waals surface area contributed by atoms with E-state index in [1.54, 1.807) is 10.7 Å². The van der Waals surface area contributed by atoms with Gasteiger partial charge in [0.25, 0.3) is 0 Å². The maximum atomic E-state index is 13.6. The summed E-state index contributed by atoms with van der Waals surface area (Å²) in [5, 5.41) is 4.74. The van der Waals surface area contributed by atoms with Crippen molar-refractivity contribution in [3.63, 3.8) is 0 Å². The fourth-order valence-electron chi connectivity index (χ4n) is 2.02. The zero-order valence-electron chi connectivity index (χ0n) is 10.3. The largest absolute Gasteiger partial charge is 0.322 e. The van der Waals surface area contributed by atoms with E-state index in [1.165, 1.54) is 12.1 Å². The van der Waals surface area contributed by atoms with Crippen LogP contribution in [-0.4, -0.2) is 9.78 Å². The van der Waals surface area contributed by atoms with Crippen LogP contribution < -0.4 is 5.73 Å². The number of aromatic nitrogens is 2. The summed E-state index contributed by atoms with van der Waals surface area (Å²) in [4.78, 5) is 0. The van der Waals surface area contributed by atoms with Crippen molar-refractivity contribution in [1.82, 2.24) is 9.78 Å². The molecule has 0 aliphatic rings. The first-order valence-corrected chi connectivity index (χ1v) is 6.05. The number of nitrogens with zero attached hydrogens (tertiary/aromatic N) is 2. The fraction of sp³-hybridized carbons (Fsp3) is 0.308. The number of hydrogen-bond acceptors (Lipinski definition) is 2. The van der Waals surface area contributed by atoms with Gasteiger partial charge in [-0.3, -0.25) is 4.68 Å². The van der Waals surface area contributed by atoms with Crippen molar-refractivity contribution in [3.8, 4) is 0 Å². The van der Waals surface area contributed by atoms with Crippen molar-refractivity contribution in [2.24, 2.45) is 12.8 Å². The Morgan fingerprint density at radius 1 is 1.44 bits per heavy atom. The van der Waals surface area contributed by atoms with Crippen LogP contribution in [0, 0.1) is 12.7 Å². The van der Waals surface area contributed by atoms with Crippen molar-refractivity contribution in [2.45, 2.75) is 19.4 Å². The zero-order valence-corrected chi connectivity index (χ0v) is 11.1. The molecule has 3 nitrogen and oxygen atoms in total. The predicted molar refractivity (Wildman–Crippen MR) is 70.0 cm³/mol. The Morgan fingerprint density at radius 3 is 2.78 bits per heavy atom. The molecule has 0 radical (unpaired) electrons. The minimum absolute atomic E-state index is 0.284. The molecule has 0 aliphatic heterocycles. The first-order valence-electron chi connectivity index (χ1n) is 5.67. The second kappa shape index (κ2) is 5.08. The lowest BCUT2D eigenvalue weighted by atomic mass is 10.0. The number of halogens is 2. The number of aryl methyl sites for hydroxylation is 2. The summed E-state index contributed by atoms with van der Waals surface area (Å²) in [7, 11) is 1.83. The summed E-state index contributed by atoms with van der Waals surface area (Å²) in [5.41, 5.74) is 8.39. The van der Waals surface area contributed by atoms with E-state index in [2.05, 4.69) is 5.10 Å². The Balaban J connectivity index is 2.23. The van der Waals surface area contributed by atoms with Crippen molar-refractivity contribution >= 4 is 11.6 Å². The molecule has 0 fully saturated rings. The van der Waals surface area contributed by atoms with Gasteiger partial charge in [0.15, 0.2) is 0 Å². The highest BCUT2D eigenvalue weighted by Crippen LogP contribution is 2.21. The second-order valence-electron chi connectivity index (χ2n) is 4.38. The summed E-state index contributed by atoms with van der Waals surface area (Å²) in [6.07, 6.45) is 0.394. The van der Waals surface area contributed by atoms with Gasteiger partial charge in [-0.05, 0) is 43.2 Å². The molecule has 1 unspecified atom stereocenters. The number of hydrogen-bond donors (Lipinski definition) is 1. The average Bonchev–Trinajstić information content (AvgIpc) is 2.63. The van der Waals surface area contributed by atoms with Crippen LogP contribution in [0.5, 0.6) is 0 Å². The second-order valence-corrected chi connectivity index (χ2v) is 4.82. The van der Waals surface area contributed by atoms with E-state index >= 15 is 0 Å². The molecule has 96 valence electrons. The molecule has 5 heteroatoms. The lowest BCUT2D eigenvalue weighted by Gasteiger charge is -2.12. The van der Waals surface area contributed by atoms with Crippen LogP contribution >= 0.6 is 11.6 Å². The van der Waals surface area contributed by atoms with Crippen LogP contribution in [-0.2, 0) is 13.5 Å². The molecule has 0 bridgehead atoms. The van der Waals surface area contributed by atoms with E-state index < -0.39 is 0 Å². The molecular formula is C13H15ClFN3. The topological polar surface area (TPSA) is 43.8 Å². The lowest BCUT2D eigenvalue weighted by molar-refractivity contribution is 0.573. The Morgan fingerprint density at radius 2 is 2.17 bits per heavy atom. The van der Waals surface area contributed by atoms with Gasteiger partial charge in [-0.25, -0.2) is 4.39 Å².